The zero-order chi connectivity index (χ0) is 18.8. The molecule has 1 saturated heterocycles. The zero-order valence-corrected chi connectivity index (χ0v) is 15.5. The predicted molar refractivity (Wildman–Crippen MR) is 95.6 cm³/mol. The summed E-state index contributed by atoms with van der Waals surface area (Å²) in [6.45, 7) is 6.29. The first-order valence-corrected chi connectivity index (χ1v) is 9.27. The van der Waals surface area contributed by atoms with Crippen LogP contribution in [0.15, 0.2) is 18.2 Å². The average Bonchev–Trinajstić information content (AvgIpc) is 2.69. The number of likely N-dealkylation sites (tertiary alicyclic amines) is 1. The van der Waals surface area contributed by atoms with E-state index in [4.69, 9.17) is 14.2 Å². The lowest BCUT2D eigenvalue weighted by molar-refractivity contribution is 0.0735. The molecule has 1 fully saturated rings. The molecule has 1 atom stereocenters. The van der Waals surface area contributed by atoms with Crippen LogP contribution in [0.3, 0.4) is 0 Å². The molecule has 2 aliphatic heterocycles. The van der Waals surface area contributed by atoms with Crippen LogP contribution in [0.4, 0.5) is 4.39 Å². The van der Waals surface area contributed by atoms with Crippen molar-refractivity contribution < 1.29 is 18.6 Å². The maximum Gasteiger partial charge on any atom is 0.257 e. The molecule has 2 aliphatic rings. The van der Waals surface area contributed by atoms with Crippen molar-refractivity contribution in [3.63, 3.8) is 0 Å². The summed E-state index contributed by atoms with van der Waals surface area (Å²) < 4.78 is 31.3. The van der Waals surface area contributed by atoms with Crippen LogP contribution < -0.4 is 14.2 Å². The fraction of sp³-hybridized carbons (Fsp3) is 0.526. The van der Waals surface area contributed by atoms with Gasteiger partial charge in [-0.05, 0) is 32.8 Å². The summed E-state index contributed by atoms with van der Waals surface area (Å²) in [5.74, 6) is 0.938. The van der Waals surface area contributed by atoms with Crippen molar-refractivity contribution in [1.29, 1.82) is 0 Å². The second-order valence-electron chi connectivity index (χ2n) is 6.90. The van der Waals surface area contributed by atoms with Gasteiger partial charge in [-0.2, -0.15) is 5.10 Å². The minimum absolute atomic E-state index is 0.0866. The molecule has 4 heterocycles. The highest BCUT2D eigenvalue weighted by molar-refractivity contribution is 5.37. The summed E-state index contributed by atoms with van der Waals surface area (Å²) in [4.78, 5) is 6.58. The van der Waals surface area contributed by atoms with E-state index in [0.29, 0.717) is 36.4 Å². The highest BCUT2D eigenvalue weighted by Gasteiger charge is 2.29. The molecular formula is C19H23FN4O3. The number of halogens is 1. The van der Waals surface area contributed by atoms with Crippen molar-refractivity contribution >= 4 is 0 Å². The van der Waals surface area contributed by atoms with Gasteiger partial charge >= 0.3 is 0 Å². The predicted octanol–water partition coefficient (Wildman–Crippen LogP) is 2.69. The Bertz CT molecular complexity index is 794. The molecule has 4 rings (SSSR count). The summed E-state index contributed by atoms with van der Waals surface area (Å²) in [5.41, 5.74) is 1.25. The SMILES string of the molecule is Cc1ccc(OC2CCN(C(C)c3nc4c(cc3F)OCCO4)CC2)nn1. The average molecular weight is 374 g/mol. The van der Waals surface area contributed by atoms with Crippen LogP contribution in [0, 0.1) is 12.7 Å². The minimum Gasteiger partial charge on any atom is -0.484 e. The second-order valence-corrected chi connectivity index (χ2v) is 6.90. The van der Waals surface area contributed by atoms with Gasteiger partial charge < -0.3 is 14.2 Å². The first-order chi connectivity index (χ1) is 13.1. The molecule has 2 aromatic rings. The van der Waals surface area contributed by atoms with Gasteiger partial charge in [-0.25, -0.2) is 9.37 Å². The highest BCUT2D eigenvalue weighted by atomic mass is 19.1. The summed E-state index contributed by atoms with van der Waals surface area (Å²) in [6, 6.07) is 4.95. The van der Waals surface area contributed by atoms with E-state index >= 15 is 0 Å². The highest BCUT2D eigenvalue weighted by Crippen LogP contribution is 2.34. The number of piperidine rings is 1. The number of rotatable bonds is 4. The Kier molecular flexibility index (Phi) is 5.07. The largest absolute Gasteiger partial charge is 0.484 e. The number of pyridine rings is 1. The minimum atomic E-state index is -0.361. The molecule has 0 amide bonds. The summed E-state index contributed by atoms with van der Waals surface area (Å²) >= 11 is 0. The van der Waals surface area contributed by atoms with Gasteiger partial charge in [0.2, 0.25) is 5.88 Å². The lowest BCUT2D eigenvalue weighted by Gasteiger charge is -2.35. The van der Waals surface area contributed by atoms with Crippen LogP contribution in [0.1, 0.15) is 37.2 Å². The van der Waals surface area contributed by atoms with Gasteiger partial charge in [-0.3, -0.25) is 4.90 Å². The van der Waals surface area contributed by atoms with Crippen molar-refractivity contribution in [3.05, 3.63) is 35.4 Å². The topological polar surface area (TPSA) is 69.6 Å². The van der Waals surface area contributed by atoms with Crippen molar-refractivity contribution in [2.75, 3.05) is 26.3 Å². The van der Waals surface area contributed by atoms with Crippen LogP contribution >= 0.6 is 0 Å². The first-order valence-electron chi connectivity index (χ1n) is 9.27. The molecule has 0 N–H and O–H groups in total. The van der Waals surface area contributed by atoms with Gasteiger partial charge in [0.05, 0.1) is 17.4 Å². The number of nitrogens with zero attached hydrogens (tertiary/aromatic N) is 4. The van der Waals surface area contributed by atoms with E-state index in [1.807, 2.05) is 26.0 Å². The Morgan fingerprint density at radius 2 is 1.96 bits per heavy atom. The lowest BCUT2D eigenvalue weighted by Crippen LogP contribution is -2.40. The van der Waals surface area contributed by atoms with E-state index in [0.717, 1.165) is 31.6 Å². The van der Waals surface area contributed by atoms with E-state index in [2.05, 4.69) is 20.1 Å². The van der Waals surface area contributed by atoms with Crippen molar-refractivity contribution in [3.8, 4) is 17.5 Å². The molecule has 0 aliphatic carbocycles. The number of fused-ring (bicyclic) bond motifs is 1. The quantitative estimate of drug-likeness (QED) is 0.815. The third-order valence-corrected chi connectivity index (χ3v) is 5.00. The summed E-state index contributed by atoms with van der Waals surface area (Å²) in [6.07, 6.45) is 1.77. The molecule has 0 bridgehead atoms. The van der Waals surface area contributed by atoms with Crippen molar-refractivity contribution in [2.45, 2.75) is 38.8 Å². The summed E-state index contributed by atoms with van der Waals surface area (Å²) in [7, 11) is 0. The molecule has 0 radical (unpaired) electrons. The first kappa shape index (κ1) is 17.9. The van der Waals surface area contributed by atoms with Gasteiger partial charge in [0.1, 0.15) is 25.1 Å². The van der Waals surface area contributed by atoms with Crippen LogP contribution in [0.25, 0.3) is 0 Å². The van der Waals surface area contributed by atoms with E-state index in [1.165, 1.54) is 6.07 Å². The molecule has 0 spiro atoms. The molecule has 0 saturated carbocycles. The van der Waals surface area contributed by atoms with Crippen LogP contribution in [-0.2, 0) is 0 Å². The van der Waals surface area contributed by atoms with Gasteiger partial charge in [0.25, 0.3) is 5.88 Å². The normalized spacial score (nSPS) is 18.9. The Balaban J connectivity index is 1.38. The van der Waals surface area contributed by atoms with Crippen LogP contribution in [0.2, 0.25) is 0 Å². The van der Waals surface area contributed by atoms with Crippen molar-refractivity contribution in [2.24, 2.45) is 0 Å². The Labute approximate surface area is 157 Å². The van der Waals surface area contributed by atoms with Gasteiger partial charge in [0, 0.05) is 25.2 Å². The lowest BCUT2D eigenvalue weighted by atomic mass is 10.0. The zero-order valence-electron chi connectivity index (χ0n) is 15.5. The maximum absolute atomic E-state index is 14.5. The standard InChI is InChI=1S/C19H23FN4O3/c1-12-3-4-17(23-22-12)27-14-5-7-24(8-6-14)13(2)18-15(20)11-16-19(21-18)26-10-9-25-16/h3-4,11,13-14H,5-10H2,1-2H3. The maximum atomic E-state index is 14.5. The molecule has 1 unspecified atom stereocenters. The van der Waals surface area contributed by atoms with E-state index in [1.54, 1.807) is 0 Å². The molecule has 0 aromatic carbocycles. The fourth-order valence-electron chi connectivity index (χ4n) is 3.43. The second kappa shape index (κ2) is 7.64. The molecule has 7 nitrogen and oxygen atoms in total. The van der Waals surface area contributed by atoms with Crippen LogP contribution in [-0.4, -0.2) is 52.5 Å². The molecule has 2 aromatic heterocycles. The molecule has 8 heteroatoms. The van der Waals surface area contributed by atoms with E-state index in [9.17, 15) is 4.39 Å². The monoisotopic (exact) mass is 374 g/mol. The van der Waals surface area contributed by atoms with Gasteiger partial charge in [-0.15, -0.1) is 5.10 Å². The Hall–Kier alpha value is -2.48. The van der Waals surface area contributed by atoms with Gasteiger partial charge in [-0.1, -0.05) is 0 Å². The van der Waals surface area contributed by atoms with E-state index in [-0.39, 0.29) is 18.0 Å². The third-order valence-electron chi connectivity index (χ3n) is 5.00. The van der Waals surface area contributed by atoms with Crippen molar-refractivity contribution in [1.82, 2.24) is 20.1 Å². The smallest absolute Gasteiger partial charge is 0.257 e. The number of ether oxygens (including phenoxy) is 3. The molecular weight excluding hydrogens is 351 g/mol. The number of hydrogen-bond acceptors (Lipinski definition) is 7. The Morgan fingerprint density at radius 3 is 2.70 bits per heavy atom. The number of hydrogen-bond donors (Lipinski definition) is 0. The van der Waals surface area contributed by atoms with E-state index < -0.39 is 0 Å². The van der Waals surface area contributed by atoms with Gasteiger partial charge in [0.15, 0.2) is 5.75 Å². The fourth-order valence-corrected chi connectivity index (χ4v) is 3.43. The molecule has 144 valence electrons. The molecule has 27 heavy (non-hydrogen) atoms. The Morgan fingerprint density at radius 1 is 1.19 bits per heavy atom. The number of aryl methyl sites for hydroxylation is 1. The van der Waals surface area contributed by atoms with Crippen LogP contribution in [0.5, 0.6) is 17.5 Å². The number of aromatic nitrogens is 3. The third kappa shape index (κ3) is 3.95. The summed E-state index contributed by atoms with van der Waals surface area (Å²) in [5, 5.41) is 8.07.